The number of ketones is 1. The fourth-order valence-electron chi connectivity index (χ4n) is 2.82. The standard InChI is InChI=1S/C25H18O3/c26-25(19-9-3-1-4-10-19)20-11-7-14-22(17-20)28-24-16-8-15-23(18-24)27-21-12-5-2-6-13-21/h1-18H. The van der Waals surface area contributed by atoms with Crippen molar-refractivity contribution in [1.82, 2.24) is 0 Å². The minimum atomic E-state index is -0.0350. The normalized spacial score (nSPS) is 10.3. The molecule has 4 rings (SSSR count). The molecule has 0 heterocycles. The monoisotopic (exact) mass is 366 g/mol. The summed E-state index contributed by atoms with van der Waals surface area (Å²) in [7, 11) is 0. The van der Waals surface area contributed by atoms with Crippen LogP contribution in [0.2, 0.25) is 0 Å². The van der Waals surface area contributed by atoms with Crippen LogP contribution in [0.25, 0.3) is 0 Å². The van der Waals surface area contributed by atoms with Crippen molar-refractivity contribution < 1.29 is 14.3 Å². The van der Waals surface area contributed by atoms with Gasteiger partial charge >= 0.3 is 0 Å². The molecule has 4 aromatic rings. The fraction of sp³-hybridized carbons (Fsp3) is 0. The van der Waals surface area contributed by atoms with E-state index in [1.165, 1.54) is 0 Å². The van der Waals surface area contributed by atoms with Crippen molar-refractivity contribution in [3.63, 3.8) is 0 Å². The molecule has 0 amide bonds. The molecule has 0 aromatic heterocycles. The molecule has 0 aliphatic heterocycles. The molecule has 0 aliphatic carbocycles. The van der Waals surface area contributed by atoms with Crippen molar-refractivity contribution >= 4 is 5.78 Å². The van der Waals surface area contributed by atoms with Crippen molar-refractivity contribution in [3.05, 3.63) is 120 Å². The highest BCUT2D eigenvalue weighted by Crippen LogP contribution is 2.29. The van der Waals surface area contributed by atoms with Crippen LogP contribution in [-0.2, 0) is 0 Å². The summed E-state index contributed by atoms with van der Waals surface area (Å²) in [5.74, 6) is 2.64. The van der Waals surface area contributed by atoms with Crippen molar-refractivity contribution in [2.75, 3.05) is 0 Å². The van der Waals surface area contributed by atoms with Gasteiger partial charge in [-0.05, 0) is 36.4 Å². The molecule has 3 nitrogen and oxygen atoms in total. The van der Waals surface area contributed by atoms with Crippen LogP contribution in [0.4, 0.5) is 0 Å². The summed E-state index contributed by atoms with van der Waals surface area (Å²) < 4.78 is 11.8. The van der Waals surface area contributed by atoms with Crippen LogP contribution in [0.5, 0.6) is 23.0 Å². The van der Waals surface area contributed by atoms with Gasteiger partial charge in [0.2, 0.25) is 0 Å². The number of hydrogen-bond donors (Lipinski definition) is 0. The predicted octanol–water partition coefficient (Wildman–Crippen LogP) is 6.50. The molecule has 0 bridgehead atoms. The molecular formula is C25H18O3. The Kier molecular flexibility index (Phi) is 5.16. The number of hydrogen-bond acceptors (Lipinski definition) is 3. The van der Waals surface area contributed by atoms with Gasteiger partial charge < -0.3 is 9.47 Å². The highest BCUT2D eigenvalue weighted by atomic mass is 16.5. The first-order valence-corrected chi connectivity index (χ1v) is 8.98. The summed E-state index contributed by atoms with van der Waals surface area (Å²) in [6, 6.07) is 33.4. The molecule has 0 saturated heterocycles. The van der Waals surface area contributed by atoms with Crippen molar-refractivity contribution in [2.45, 2.75) is 0 Å². The average Bonchev–Trinajstić information content (AvgIpc) is 2.75. The maximum absolute atomic E-state index is 12.6. The average molecular weight is 366 g/mol. The molecule has 0 spiro atoms. The molecule has 0 aliphatic rings. The number of para-hydroxylation sites is 1. The second-order valence-electron chi connectivity index (χ2n) is 6.22. The minimum absolute atomic E-state index is 0.0350. The summed E-state index contributed by atoms with van der Waals surface area (Å²) in [6.45, 7) is 0. The van der Waals surface area contributed by atoms with Crippen LogP contribution >= 0.6 is 0 Å². The molecule has 0 atom stereocenters. The zero-order valence-corrected chi connectivity index (χ0v) is 15.1. The molecular weight excluding hydrogens is 348 g/mol. The molecule has 0 N–H and O–H groups in total. The third-order valence-corrected chi connectivity index (χ3v) is 4.15. The largest absolute Gasteiger partial charge is 0.457 e. The SMILES string of the molecule is O=C(c1ccccc1)c1cccc(Oc2cccc(Oc3ccccc3)c2)c1. The van der Waals surface area contributed by atoms with Crippen LogP contribution in [0.1, 0.15) is 15.9 Å². The fourth-order valence-corrected chi connectivity index (χ4v) is 2.82. The van der Waals surface area contributed by atoms with Crippen LogP contribution in [0, 0.1) is 0 Å². The van der Waals surface area contributed by atoms with E-state index in [2.05, 4.69) is 0 Å². The molecule has 0 unspecified atom stereocenters. The van der Waals surface area contributed by atoms with Crippen LogP contribution < -0.4 is 9.47 Å². The molecule has 0 radical (unpaired) electrons. The highest BCUT2D eigenvalue weighted by molar-refractivity contribution is 6.09. The van der Waals surface area contributed by atoms with E-state index in [9.17, 15) is 4.79 Å². The van der Waals surface area contributed by atoms with Crippen molar-refractivity contribution in [3.8, 4) is 23.0 Å². The Labute approximate surface area is 163 Å². The molecule has 0 fully saturated rings. The predicted molar refractivity (Wildman–Crippen MR) is 109 cm³/mol. The van der Waals surface area contributed by atoms with E-state index >= 15 is 0 Å². The molecule has 0 saturated carbocycles. The maximum Gasteiger partial charge on any atom is 0.193 e. The lowest BCUT2D eigenvalue weighted by molar-refractivity contribution is 0.103. The number of carbonyl (C=O) groups is 1. The summed E-state index contributed by atoms with van der Waals surface area (Å²) in [6.07, 6.45) is 0. The van der Waals surface area contributed by atoms with Gasteiger partial charge in [0, 0.05) is 17.2 Å². The van der Waals surface area contributed by atoms with E-state index in [0.29, 0.717) is 28.4 Å². The molecule has 4 aromatic carbocycles. The summed E-state index contributed by atoms with van der Waals surface area (Å²) >= 11 is 0. The first-order valence-electron chi connectivity index (χ1n) is 8.98. The van der Waals surface area contributed by atoms with Crippen LogP contribution in [0.15, 0.2) is 109 Å². The topological polar surface area (TPSA) is 35.5 Å². The Morgan fingerprint density at radius 2 is 0.929 bits per heavy atom. The second-order valence-corrected chi connectivity index (χ2v) is 6.22. The van der Waals surface area contributed by atoms with Crippen molar-refractivity contribution in [2.24, 2.45) is 0 Å². The van der Waals surface area contributed by atoms with E-state index < -0.39 is 0 Å². The van der Waals surface area contributed by atoms with Crippen LogP contribution in [-0.4, -0.2) is 5.78 Å². The Balaban J connectivity index is 1.52. The van der Waals surface area contributed by atoms with Gasteiger partial charge in [-0.15, -0.1) is 0 Å². The second kappa shape index (κ2) is 8.23. The number of ether oxygens (including phenoxy) is 2. The van der Waals surface area contributed by atoms with Gasteiger partial charge in [0.25, 0.3) is 0 Å². The number of benzene rings is 4. The van der Waals surface area contributed by atoms with E-state index in [1.54, 1.807) is 24.3 Å². The smallest absolute Gasteiger partial charge is 0.193 e. The van der Waals surface area contributed by atoms with E-state index in [-0.39, 0.29) is 5.78 Å². The van der Waals surface area contributed by atoms with Gasteiger partial charge in [-0.2, -0.15) is 0 Å². The Morgan fingerprint density at radius 1 is 0.464 bits per heavy atom. The number of rotatable bonds is 6. The lowest BCUT2D eigenvalue weighted by Gasteiger charge is -2.10. The van der Waals surface area contributed by atoms with E-state index in [0.717, 1.165) is 5.75 Å². The Morgan fingerprint density at radius 3 is 1.61 bits per heavy atom. The molecule has 28 heavy (non-hydrogen) atoms. The number of carbonyl (C=O) groups excluding carboxylic acids is 1. The molecule has 136 valence electrons. The minimum Gasteiger partial charge on any atom is -0.457 e. The maximum atomic E-state index is 12.6. The van der Waals surface area contributed by atoms with Gasteiger partial charge in [0.05, 0.1) is 0 Å². The van der Waals surface area contributed by atoms with Crippen molar-refractivity contribution in [1.29, 1.82) is 0 Å². The van der Waals surface area contributed by atoms with E-state index in [4.69, 9.17) is 9.47 Å². The van der Waals surface area contributed by atoms with E-state index in [1.807, 2.05) is 84.9 Å². The zero-order valence-electron chi connectivity index (χ0n) is 15.1. The lowest BCUT2D eigenvalue weighted by atomic mass is 10.0. The van der Waals surface area contributed by atoms with Gasteiger partial charge in [0.1, 0.15) is 23.0 Å². The summed E-state index contributed by atoms with van der Waals surface area (Å²) in [5, 5.41) is 0. The lowest BCUT2D eigenvalue weighted by Crippen LogP contribution is -2.00. The third-order valence-electron chi connectivity index (χ3n) is 4.15. The molecule has 3 heteroatoms. The highest BCUT2D eigenvalue weighted by Gasteiger charge is 2.10. The van der Waals surface area contributed by atoms with Crippen LogP contribution in [0.3, 0.4) is 0 Å². The Hall–Kier alpha value is -3.85. The van der Waals surface area contributed by atoms with Gasteiger partial charge in [-0.25, -0.2) is 0 Å². The van der Waals surface area contributed by atoms with Gasteiger partial charge in [0.15, 0.2) is 5.78 Å². The summed E-state index contributed by atoms with van der Waals surface area (Å²) in [5.41, 5.74) is 1.23. The first-order chi connectivity index (χ1) is 13.8. The summed E-state index contributed by atoms with van der Waals surface area (Å²) in [4.78, 5) is 12.6. The van der Waals surface area contributed by atoms with Gasteiger partial charge in [-0.3, -0.25) is 4.79 Å². The first kappa shape index (κ1) is 17.6. The van der Waals surface area contributed by atoms with Gasteiger partial charge in [-0.1, -0.05) is 66.7 Å². The zero-order chi connectivity index (χ0) is 19.2. The third kappa shape index (κ3) is 4.27. The quantitative estimate of drug-likeness (QED) is 0.365. The Bertz CT molecular complexity index is 1070.